The Kier molecular flexibility index (Phi) is 4.42. The van der Waals surface area contributed by atoms with Gasteiger partial charge in [-0.25, -0.2) is 4.39 Å². The normalized spacial score (nSPS) is 26.6. The summed E-state index contributed by atoms with van der Waals surface area (Å²) < 4.78 is 12.9. The van der Waals surface area contributed by atoms with E-state index in [4.69, 9.17) is 5.73 Å². The Bertz CT molecular complexity index is 409. The van der Waals surface area contributed by atoms with E-state index < -0.39 is 5.54 Å². The molecule has 19 heavy (non-hydrogen) atoms. The maximum absolute atomic E-state index is 12.9. The van der Waals surface area contributed by atoms with E-state index in [2.05, 4.69) is 4.90 Å². The van der Waals surface area contributed by atoms with E-state index in [0.717, 1.165) is 37.9 Å². The molecule has 3 nitrogen and oxygen atoms in total. The van der Waals surface area contributed by atoms with Crippen molar-refractivity contribution < 1.29 is 9.50 Å². The first-order valence-electron chi connectivity index (χ1n) is 6.91. The molecule has 106 valence electrons. The van der Waals surface area contributed by atoms with Crippen molar-refractivity contribution in [1.29, 1.82) is 0 Å². The zero-order valence-corrected chi connectivity index (χ0v) is 11.5. The lowest BCUT2D eigenvalue weighted by Crippen LogP contribution is -2.47. The van der Waals surface area contributed by atoms with Gasteiger partial charge in [0.25, 0.3) is 0 Å². The Labute approximate surface area is 114 Å². The number of rotatable bonds is 5. The van der Waals surface area contributed by atoms with Gasteiger partial charge in [-0.15, -0.1) is 0 Å². The molecule has 0 heterocycles. The van der Waals surface area contributed by atoms with Gasteiger partial charge in [0.2, 0.25) is 0 Å². The predicted molar refractivity (Wildman–Crippen MR) is 75.6 cm³/mol. The number of aliphatic hydroxyl groups excluding tert-OH is 1. The molecule has 1 aromatic rings. The largest absolute Gasteiger partial charge is 0.394 e. The van der Waals surface area contributed by atoms with Crippen molar-refractivity contribution in [3.8, 4) is 0 Å². The number of hydrogen-bond donors (Lipinski definition) is 2. The highest BCUT2D eigenvalue weighted by molar-refractivity contribution is 5.45. The minimum Gasteiger partial charge on any atom is -0.394 e. The van der Waals surface area contributed by atoms with E-state index in [-0.39, 0.29) is 12.4 Å². The van der Waals surface area contributed by atoms with Gasteiger partial charge in [-0.05, 0) is 49.4 Å². The average Bonchev–Trinajstić information content (AvgIpc) is 2.79. The third-order valence-corrected chi connectivity index (χ3v) is 4.38. The van der Waals surface area contributed by atoms with E-state index in [9.17, 15) is 9.50 Å². The van der Waals surface area contributed by atoms with Crippen LogP contribution in [0.4, 0.5) is 10.1 Å². The zero-order chi connectivity index (χ0) is 13.9. The third kappa shape index (κ3) is 3.25. The fraction of sp³-hybridized carbons (Fsp3) is 0.600. The molecule has 4 heteroatoms. The molecule has 1 fully saturated rings. The van der Waals surface area contributed by atoms with Gasteiger partial charge in [-0.3, -0.25) is 0 Å². The van der Waals surface area contributed by atoms with Gasteiger partial charge in [0.05, 0.1) is 6.61 Å². The molecule has 2 atom stereocenters. The van der Waals surface area contributed by atoms with Crippen LogP contribution < -0.4 is 10.6 Å². The van der Waals surface area contributed by atoms with E-state index >= 15 is 0 Å². The molecule has 1 aliphatic carbocycles. The lowest BCUT2D eigenvalue weighted by molar-refractivity contribution is 0.156. The summed E-state index contributed by atoms with van der Waals surface area (Å²) in [6.45, 7) is 0.938. The maximum atomic E-state index is 12.9. The van der Waals surface area contributed by atoms with Crippen molar-refractivity contribution in [2.75, 3.05) is 25.1 Å². The molecule has 1 aromatic carbocycles. The molecule has 2 rings (SSSR count). The fourth-order valence-corrected chi connectivity index (χ4v) is 2.98. The molecular weight excluding hydrogens is 243 g/mol. The van der Waals surface area contributed by atoms with Crippen LogP contribution in [0.25, 0.3) is 0 Å². The molecule has 1 saturated carbocycles. The first-order chi connectivity index (χ1) is 9.05. The highest BCUT2D eigenvalue weighted by Crippen LogP contribution is 2.35. The molecular formula is C15H23FN2O. The van der Waals surface area contributed by atoms with E-state index in [1.165, 1.54) is 12.1 Å². The second-order valence-corrected chi connectivity index (χ2v) is 5.67. The lowest BCUT2D eigenvalue weighted by atomic mass is 9.86. The predicted octanol–water partition coefficient (Wildman–Crippen LogP) is 2.14. The number of benzene rings is 1. The molecule has 3 N–H and O–H groups in total. The van der Waals surface area contributed by atoms with Crippen LogP contribution in [0.3, 0.4) is 0 Å². The standard InChI is InChI=1S/C15H23FN2O/c1-18(14-6-4-13(16)5-7-14)10-8-12-3-2-9-15(12,17)11-19/h4-7,12,19H,2-3,8-11,17H2,1H3. The van der Waals surface area contributed by atoms with Crippen LogP contribution >= 0.6 is 0 Å². The average molecular weight is 266 g/mol. The van der Waals surface area contributed by atoms with Crippen LogP contribution in [0.5, 0.6) is 0 Å². The van der Waals surface area contributed by atoms with Gasteiger partial charge in [0.1, 0.15) is 5.82 Å². The van der Waals surface area contributed by atoms with Crippen molar-refractivity contribution >= 4 is 5.69 Å². The molecule has 0 aromatic heterocycles. The number of nitrogens with two attached hydrogens (primary N) is 1. The van der Waals surface area contributed by atoms with Gasteiger partial charge in [0, 0.05) is 24.8 Å². The summed E-state index contributed by atoms with van der Waals surface area (Å²) in [5.74, 6) is 0.162. The number of nitrogens with zero attached hydrogens (tertiary/aromatic N) is 1. The SMILES string of the molecule is CN(CCC1CCCC1(N)CO)c1ccc(F)cc1. The Balaban J connectivity index is 1.90. The van der Waals surface area contributed by atoms with Crippen LogP contribution in [0, 0.1) is 11.7 Å². The van der Waals surface area contributed by atoms with Crippen molar-refractivity contribution in [3.63, 3.8) is 0 Å². The Morgan fingerprint density at radius 2 is 2.11 bits per heavy atom. The summed E-state index contributed by atoms with van der Waals surface area (Å²) in [6, 6.07) is 6.52. The van der Waals surface area contributed by atoms with Gasteiger partial charge in [-0.2, -0.15) is 0 Å². The maximum Gasteiger partial charge on any atom is 0.123 e. The quantitative estimate of drug-likeness (QED) is 0.858. The molecule has 0 amide bonds. The van der Waals surface area contributed by atoms with E-state index in [1.54, 1.807) is 12.1 Å². The molecule has 0 aliphatic heterocycles. The smallest absolute Gasteiger partial charge is 0.123 e. The summed E-state index contributed by atoms with van der Waals surface area (Å²) in [6.07, 6.45) is 4.07. The van der Waals surface area contributed by atoms with E-state index in [0.29, 0.717) is 5.92 Å². The van der Waals surface area contributed by atoms with Crippen LogP contribution in [0.1, 0.15) is 25.7 Å². The summed E-state index contributed by atoms with van der Waals surface area (Å²) in [5, 5.41) is 9.43. The molecule has 0 saturated heterocycles. The molecule has 1 aliphatic rings. The van der Waals surface area contributed by atoms with Crippen LogP contribution in [0.2, 0.25) is 0 Å². The Hall–Kier alpha value is -1.13. The number of anilines is 1. The zero-order valence-electron chi connectivity index (χ0n) is 11.5. The summed E-state index contributed by atoms with van der Waals surface area (Å²) >= 11 is 0. The number of halogens is 1. The fourth-order valence-electron chi connectivity index (χ4n) is 2.98. The topological polar surface area (TPSA) is 49.5 Å². The van der Waals surface area contributed by atoms with Crippen molar-refractivity contribution in [3.05, 3.63) is 30.1 Å². The van der Waals surface area contributed by atoms with Crippen molar-refractivity contribution in [2.45, 2.75) is 31.2 Å². The monoisotopic (exact) mass is 266 g/mol. The van der Waals surface area contributed by atoms with E-state index in [1.807, 2.05) is 7.05 Å². The summed E-state index contributed by atoms with van der Waals surface area (Å²) in [4.78, 5) is 2.11. The number of aliphatic hydroxyl groups is 1. The van der Waals surface area contributed by atoms with Crippen LogP contribution in [0.15, 0.2) is 24.3 Å². The second-order valence-electron chi connectivity index (χ2n) is 5.67. The summed E-state index contributed by atoms with van der Waals surface area (Å²) in [5.41, 5.74) is 6.84. The minimum absolute atomic E-state index is 0.0674. The van der Waals surface area contributed by atoms with Gasteiger partial charge in [0.15, 0.2) is 0 Å². The molecule has 0 bridgehead atoms. The first-order valence-corrected chi connectivity index (χ1v) is 6.91. The van der Waals surface area contributed by atoms with Gasteiger partial charge < -0.3 is 15.7 Å². The number of hydrogen-bond acceptors (Lipinski definition) is 3. The van der Waals surface area contributed by atoms with Crippen LogP contribution in [-0.4, -0.2) is 30.8 Å². The highest BCUT2D eigenvalue weighted by atomic mass is 19.1. The molecule has 0 radical (unpaired) electrons. The lowest BCUT2D eigenvalue weighted by Gasteiger charge is -2.31. The van der Waals surface area contributed by atoms with Gasteiger partial charge >= 0.3 is 0 Å². The van der Waals surface area contributed by atoms with Crippen molar-refractivity contribution in [2.24, 2.45) is 11.7 Å². The van der Waals surface area contributed by atoms with Crippen LogP contribution in [-0.2, 0) is 0 Å². The first kappa shape index (κ1) is 14.3. The Morgan fingerprint density at radius 1 is 1.42 bits per heavy atom. The van der Waals surface area contributed by atoms with Crippen molar-refractivity contribution in [1.82, 2.24) is 0 Å². The molecule has 2 unspecified atom stereocenters. The highest BCUT2D eigenvalue weighted by Gasteiger charge is 2.38. The molecule has 0 spiro atoms. The summed E-state index contributed by atoms with van der Waals surface area (Å²) in [7, 11) is 2.00. The Morgan fingerprint density at radius 3 is 2.74 bits per heavy atom. The second kappa shape index (κ2) is 5.88. The van der Waals surface area contributed by atoms with Gasteiger partial charge in [-0.1, -0.05) is 6.42 Å². The third-order valence-electron chi connectivity index (χ3n) is 4.38. The minimum atomic E-state index is -0.399.